The van der Waals surface area contributed by atoms with Gasteiger partial charge < -0.3 is 5.32 Å². The maximum absolute atomic E-state index is 12.4. The Bertz CT molecular complexity index is 858. The summed E-state index contributed by atoms with van der Waals surface area (Å²) < 4.78 is 0. The van der Waals surface area contributed by atoms with E-state index in [9.17, 15) is 10.1 Å². The van der Waals surface area contributed by atoms with Crippen LogP contribution in [0.1, 0.15) is 39.1 Å². The summed E-state index contributed by atoms with van der Waals surface area (Å²) >= 11 is 1.31. The molecule has 1 amide bonds. The molecule has 0 aliphatic heterocycles. The Morgan fingerprint density at radius 3 is 2.28 bits per heavy atom. The van der Waals surface area contributed by atoms with Gasteiger partial charge in [-0.15, -0.1) is 0 Å². The predicted molar refractivity (Wildman–Crippen MR) is 103 cm³/mol. The first-order valence-electron chi connectivity index (χ1n) is 8.13. The van der Waals surface area contributed by atoms with E-state index >= 15 is 0 Å². The number of nitrogens with one attached hydrogen (secondary N) is 1. The SMILES string of the molecule is Cc1cc(C)c(NC(=O)CSc2nc(C)c(C)c(C)c2C#N)c(C)c1. The number of hydrogen-bond acceptors (Lipinski definition) is 4. The van der Waals surface area contributed by atoms with E-state index in [4.69, 9.17) is 0 Å². The molecule has 25 heavy (non-hydrogen) atoms. The average Bonchev–Trinajstić information content (AvgIpc) is 2.54. The molecule has 2 aromatic rings. The van der Waals surface area contributed by atoms with E-state index in [0.717, 1.165) is 33.6 Å². The number of aryl methyl sites for hydroxylation is 4. The summed E-state index contributed by atoms with van der Waals surface area (Å²) in [6.45, 7) is 11.8. The fourth-order valence-electron chi connectivity index (χ4n) is 2.83. The van der Waals surface area contributed by atoms with Crippen LogP contribution in [0, 0.1) is 52.9 Å². The molecular formula is C20H23N3OS. The largest absolute Gasteiger partial charge is 0.325 e. The highest BCUT2D eigenvalue weighted by Crippen LogP contribution is 2.27. The molecule has 5 heteroatoms. The Morgan fingerprint density at radius 2 is 1.72 bits per heavy atom. The van der Waals surface area contributed by atoms with Gasteiger partial charge in [-0.25, -0.2) is 4.98 Å². The lowest BCUT2D eigenvalue weighted by molar-refractivity contribution is -0.113. The lowest BCUT2D eigenvalue weighted by Crippen LogP contribution is -2.16. The monoisotopic (exact) mass is 353 g/mol. The number of amides is 1. The van der Waals surface area contributed by atoms with Gasteiger partial charge >= 0.3 is 0 Å². The lowest BCUT2D eigenvalue weighted by atomic mass is 10.1. The number of nitriles is 1. The van der Waals surface area contributed by atoms with Crippen LogP contribution in [0.5, 0.6) is 0 Å². The van der Waals surface area contributed by atoms with Gasteiger partial charge in [0.05, 0.1) is 11.3 Å². The van der Waals surface area contributed by atoms with Crippen LogP contribution in [0.25, 0.3) is 0 Å². The Hall–Kier alpha value is -2.32. The van der Waals surface area contributed by atoms with Crippen LogP contribution in [-0.4, -0.2) is 16.6 Å². The molecule has 1 N–H and O–H groups in total. The third-order valence-corrected chi connectivity index (χ3v) is 5.33. The topological polar surface area (TPSA) is 65.8 Å². The molecule has 0 bridgehead atoms. The van der Waals surface area contributed by atoms with Crippen molar-refractivity contribution in [2.24, 2.45) is 0 Å². The van der Waals surface area contributed by atoms with Gasteiger partial charge in [-0.1, -0.05) is 29.5 Å². The highest BCUT2D eigenvalue weighted by atomic mass is 32.2. The Kier molecular flexibility index (Phi) is 5.86. The minimum absolute atomic E-state index is 0.0957. The molecule has 0 spiro atoms. The van der Waals surface area contributed by atoms with Crippen LogP contribution in [-0.2, 0) is 4.79 Å². The number of nitrogens with zero attached hydrogens (tertiary/aromatic N) is 2. The van der Waals surface area contributed by atoms with Crippen LogP contribution < -0.4 is 5.32 Å². The first kappa shape index (κ1) is 19.0. The number of aromatic nitrogens is 1. The van der Waals surface area contributed by atoms with Crippen molar-refractivity contribution < 1.29 is 4.79 Å². The minimum Gasteiger partial charge on any atom is -0.325 e. The van der Waals surface area contributed by atoms with Gasteiger partial charge in [0.1, 0.15) is 11.1 Å². The van der Waals surface area contributed by atoms with E-state index in [1.165, 1.54) is 17.3 Å². The summed E-state index contributed by atoms with van der Waals surface area (Å²) in [5, 5.41) is 13.0. The number of rotatable bonds is 4. The van der Waals surface area contributed by atoms with Crippen molar-refractivity contribution in [2.75, 3.05) is 11.1 Å². The fraction of sp³-hybridized carbons (Fsp3) is 0.350. The van der Waals surface area contributed by atoms with E-state index in [0.29, 0.717) is 10.6 Å². The van der Waals surface area contributed by atoms with Gasteiger partial charge in [0.25, 0.3) is 0 Å². The van der Waals surface area contributed by atoms with Gasteiger partial charge in [0.15, 0.2) is 0 Å². The second-order valence-corrected chi connectivity index (χ2v) is 7.31. The van der Waals surface area contributed by atoms with Crippen LogP contribution in [0.4, 0.5) is 5.69 Å². The predicted octanol–water partition coefficient (Wildman–Crippen LogP) is 4.53. The van der Waals surface area contributed by atoms with Gasteiger partial charge in [-0.2, -0.15) is 5.26 Å². The van der Waals surface area contributed by atoms with E-state index in [-0.39, 0.29) is 11.7 Å². The minimum atomic E-state index is -0.0957. The molecule has 1 heterocycles. The van der Waals surface area contributed by atoms with Crippen molar-refractivity contribution in [3.63, 3.8) is 0 Å². The van der Waals surface area contributed by atoms with Crippen molar-refractivity contribution in [1.82, 2.24) is 4.98 Å². The molecule has 1 aromatic heterocycles. The smallest absolute Gasteiger partial charge is 0.234 e. The average molecular weight is 353 g/mol. The van der Waals surface area contributed by atoms with Crippen LogP contribution in [0.3, 0.4) is 0 Å². The van der Waals surface area contributed by atoms with Crippen LogP contribution in [0.15, 0.2) is 17.2 Å². The van der Waals surface area contributed by atoms with Crippen molar-refractivity contribution in [3.8, 4) is 6.07 Å². The first-order valence-corrected chi connectivity index (χ1v) is 9.11. The summed E-state index contributed by atoms with van der Waals surface area (Å²) in [7, 11) is 0. The molecule has 0 aliphatic carbocycles. The quantitative estimate of drug-likeness (QED) is 0.820. The van der Waals surface area contributed by atoms with Gasteiger partial charge in [0, 0.05) is 11.4 Å². The first-order chi connectivity index (χ1) is 11.7. The van der Waals surface area contributed by atoms with Gasteiger partial charge in [-0.3, -0.25) is 4.79 Å². The molecule has 0 aliphatic rings. The molecule has 0 radical (unpaired) electrons. The van der Waals surface area contributed by atoms with E-state index < -0.39 is 0 Å². The fourth-order valence-corrected chi connectivity index (χ4v) is 3.72. The molecule has 0 unspecified atom stereocenters. The highest BCUT2D eigenvalue weighted by Gasteiger charge is 2.15. The third-order valence-electron chi connectivity index (χ3n) is 4.36. The number of thioether (sulfide) groups is 1. The van der Waals surface area contributed by atoms with Crippen molar-refractivity contribution in [3.05, 3.63) is 51.2 Å². The maximum atomic E-state index is 12.4. The van der Waals surface area contributed by atoms with Gasteiger partial charge in [0.2, 0.25) is 5.91 Å². The zero-order valence-corrected chi connectivity index (χ0v) is 16.4. The number of hydrogen-bond donors (Lipinski definition) is 1. The molecule has 0 atom stereocenters. The Balaban J connectivity index is 2.15. The summed E-state index contributed by atoms with van der Waals surface area (Å²) in [6.07, 6.45) is 0. The van der Waals surface area contributed by atoms with E-state index in [1.54, 1.807) is 0 Å². The van der Waals surface area contributed by atoms with Crippen LogP contribution in [0.2, 0.25) is 0 Å². The molecule has 0 saturated carbocycles. The standard InChI is InChI=1S/C20H23N3OS/c1-11-7-12(2)19(13(3)8-11)23-18(24)10-25-20-17(9-21)15(5)14(4)16(6)22-20/h7-8H,10H2,1-6H3,(H,23,24). The molecule has 0 saturated heterocycles. The van der Waals surface area contributed by atoms with Crippen molar-refractivity contribution in [2.45, 2.75) is 46.6 Å². The summed E-state index contributed by atoms with van der Waals surface area (Å²) in [5.74, 6) is 0.123. The molecule has 1 aromatic carbocycles. The normalized spacial score (nSPS) is 10.4. The number of carbonyl (C=O) groups is 1. The Morgan fingerprint density at radius 1 is 1.12 bits per heavy atom. The van der Waals surface area contributed by atoms with E-state index in [1.807, 2.05) is 41.5 Å². The van der Waals surface area contributed by atoms with Crippen molar-refractivity contribution >= 4 is 23.4 Å². The van der Waals surface area contributed by atoms with Crippen molar-refractivity contribution in [1.29, 1.82) is 5.26 Å². The summed E-state index contributed by atoms with van der Waals surface area (Å²) in [4.78, 5) is 16.9. The molecule has 4 nitrogen and oxygen atoms in total. The zero-order chi connectivity index (χ0) is 18.7. The molecular weight excluding hydrogens is 330 g/mol. The van der Waals surface area contributed by atoms with E-state index in [2.05, 4.69) is 28.5 Å². The molecule has 0 fully saturated rings. The lowest BCUT2D eigenvalue weighted by Gasteiger charge is -2.14. The zero-order valence-electron chi connectivity index (χ0n) is 15.6. The number of pyridine rings is 1. The summed E-state index contributed by atoms with van der Waals surface area (Å²) in [5.41, 5.74) is 7.55. The Labute approximate surface area is 153 Å². The second kappa shape index (κ2) is 7.71. The highest BCUT2D eigenvalue weighted by molar-refractivity contribution is 8.00. The second-order valence-electron chi connectivity index (χ2n) is 6.35. The number of anilines is 1. The number of benzene rings is 1. The maximum Gasteiger partial charge on any atom is 0.234 e. The molecule has 2 rings (SSSR count). The summed E-state index contributed by atoms with van der Waals surface area (Å²) in [6, 6.07) is 6.32. The number of carbonyl (C=O) groups excluding carboxylic acids is 1. The molecule has 130 valence electrons. The third kappa shape index (κ3) is 4.21. The van der Waals surface area contributed by atoms with Crippen LogP contribution >= 0.6 is 11.8 Å². The van der Waals surface area contributed by atoms with Gasteiger partial charge in [-0.05, 0) is 63.8 Å².